The van der Waals surface area contributed by atoms with Gasteiger partial charge in [-0.25, -0.2) is 0 Å². The molecule has 1 atom stereocenters. The van der Waals surface area contributed by atoms with E-state index in [9.17, 15) is 14.0 Å². The largest absolute Gasteiger partial charge is 1.00 e. The summed E-state index contributed by atoms with van der Waals surface area (Å²) >= 11 is 32.3. The average Bonchev–Trinajstić information content (AvgIpc) is 2.88. The number of benzene rings is 2. The first-order valence-electron chi connectivity index (χ1n) is 11.7. The molecule has 0 aromatic heterocycles. The molecule has 0 fully saturated rings. The predicted molar refractivity (Wildman–Crippen MR) is 175 cm³/mol. The average molecular weight is 791 g/mol. The Balaban J connectivity index is 0. The summed E-state index contributed by atoms with van der Waals surface area (Å²) in [6, 6.07) is 9.88. The Morgan fingerprint density at radius 1 is 0.750 bits per heavy atom. The van der Waals surface area contributed by atoms with E-state index in [1.165, 1.54) is 6.66 Å². The number of aryl methyl sites for hydroxylation is 1. The second-order valence-corrected chi connectivity index (χ2v) is 17.1. The van der Waals surface area contributed by atoms with Gasteiger partial charge in [0.25, 0.3) is 0 Å². The second kappa shape index (κ2) is 21.4. The summed E-state index contributed by atoms with van der Waals surface area (Å²) in [4.78, 5) is 16.7. The van der Waals surface area contributed by atoms with Crippen LogP contribution in [0.1, 0.15) is 16.7 Å². The van der Waals surface area contributed by atoms with Crippen LogP contribution in [-0.4, -0.2) is 67.5 Å². The molecule has 1 N–H and O–H groups in total. The van der Waals surface area contributed by atoms with Gasteiger partial charge in [-0.1, -0.05) is 87.8 Å². The van der Waals surface area contributed by atoms with E-state index >= 15 is 0 Å². The van der Waals surface area contributed by atoms with E-state index in [2.05, 4.69) is 6.07 Å². The van der Waals surface area contributed by atoms with Crippen LogP contribution in [0.2, 0.25) is 0 Å². The molecule has 2 rings (SSSR count). The van der Waals surface area contributed by atoms with E-state index in [1.54, 1.807) is 28.4 Å². The van der Waals surface area contributed by atoms with E-state index in [-0.39, 0.29) is 42.8 Å². The molecule has 2 aromatic carbocycles. The third kappa shape index (κ3) is 22.9. The quantitative estimate of drug-likeness (QED) is 0.153. The van der Waals surface area contributed by atoms with Gasteiger partial charge in [0.2, 0.25) is 13.3 Å². The van der Waals surface area contributed by atoms with Gasteiger partial charge in [0.05, 0.1) is 28.4 Å². The zero-order valence-corrected chi connectivity index (χ0v) is 33.6. The summed E-state index contributed by atoms with van der Waals surface area (Å²) in [6.07, 6.45) is 4.04. The van der Waals surface area contributed by atoms with Crippen molar-refractivity contribution in [1.29, 1.82) is 0 Å². The molecule has 2 aromatic rings. The van der Waals surface area contributed by atoms with Crippen molar-refractivity contribution in [1.82, 2.24) is 0 Å². The summed E-state index contributed by atoms with van der Waals surface area (Å²) < 4.78 is 48.2. The molecular formula is C25H33Cl6NaO10P2. The number of methoxy groups -OCH3 is 4. The monoisotopic (exact) mass is 788 g/mol. The zero-order valence-electron chi connectivity index (χ0n) is 25.2. The van der Waals surface area contributed by atoms with E-state index in [1.807, 2.05) is 43.3 Å². The molecule has 0 spiro atoms. The Labute approximate surface area is 310 Å². The van der Waals surface area contributed by atoms with Crippen LogP contribution in [-0.2, 0) is 18.2 Å². The minimum Gasteiger partial charge on any atom is -0.779 e. The molecule has 44 heavy (non-hydrogen) atoms. The van der Waals surface area contributed by atoms with E-state index in [4.69, 9.17) is 102 Å². The summed E-state index contributed by atoms with van der Waals surface area (Å²) in [5.41, 5.74) is 3.16. The molecule has 0 radical (unpaired) electrons. The maximum Gasteiger partial charge on any atom is 1.00 e. The number of rotatable bonds is 10. The van der Waals surface area contributed by atoms with Crippen molar-refractivity contribution in [3.63, 3.8) is 0 Å². The standard InChI is InChI=1S/C19H22O4.C5H7Cl6O3P.CH5O3P.Na/c1-13-10-14(8-9-16(13)20-2)6-7-15-11-17(21-3)19(23-5)18(12-15)22-4;1-15(12,13-2-4(6,7)8)14-3-5(9,10)11;1-5(2,3)4;/h6-12H,1-5H3;2-3H2,1H3;1H3,(H2,2,3,4);/q;;;+1/p-1/b7-6-;;;. The third-order valence-electron chi connectivity index (χ3n) is 4.50. The Morgan fingerprint density at radius 3 is 1.45 bits per heavy atom. The first-order valence-corrected chi connectivity index (χ1v) is 18.0. The molecule has 10 nitrogen and oxygen atoms in total. The van der Waals surface area contributed by atoms with Gasteiger partial charge in [-0.3, -0.25) is 4.57 Å². The van der Waals surface area contributed by atoms with Crippen molar-refractivity contribution in [2.75, 3.05) is 55.0 Å². The summed E-state index contributed by atoms with van der Waals surface area (Å²) in [7, 11) is -0.796. The van der Waals surface area contributed by atoms with Gasteiger partial charge < -0.3 is 42.3 Å². The summed E-state index contributed by atoms with van der Waals surface area (Å²) in [5.74, 6) is 2.75. The molecule has 0 aliphatic carbocycles. The van der Waals surface area contributed by atoms with Crippen molar-refractivity contribution in [2.24, 2.45) is 0 Å². The molecule has 1 unspecified atom stereocenters. The number of hydrogen-bond acceptors (Lipinski definition) is 9. The van der Waals surface area contributed by atoms with E-state index < -0.39 is 22.8 Å². The van der Waals surface area contributed by atoms with Crippen molar-refractivity contribution in [3.05, 3.63) is 47.0 Å². The fraction of sp³-hybridized carbons (Fsp3) is 0.440. The van der Waals surface area contributed by atoms with E-state index in [0.717, 1.165) is 29.1 Å². The number of halogens is 6. The molecule has 19 heteroatoms. The molecule has 0 bridgehead atoms. The maximum absolute atomic E-state index is 11.5. The van der Waals surface area contributed by atoms with Gasteiger partial charge in [0.15, 0.2) is 11.5 Å². The van der Waals surface area contributed by atoms with Crippen LogP contribution in [0.15, 0.2) is 30.3 Å². The Bertz CT molecular complexity index is 1230. The first kappa shape index (κ1) is 46.5. The Morgan fingerprint density at radius 2 is 1.14 bits per heavy atom. The molecular weight excluding hydrogens is 758 g/mol. The summed E-state index contributed by atoms with van der Waals surface area (Å²) in [5, 5.41) is 0. The van der Waals surface area contributed by atoms with Crippen molar-refractivity contribution >= 4 is 96.9 Å². The first-order chi connectivity index (χ1) is 19.5. The minimum atomic E-state index is -3.89. The Kier molecular flexibility index (Phi) is 22.6. The van der Waals surface area contributed by atoms with Crippen molar-refractivity contribution in [3.8, 4) is 23.0 Å². The molecule has 0 saturated heterocycles. The van der Waals surface area contributed by atoms with Gasteiger partial charge in [-0.2, -0.15) is 0 Å². The maximum atomic E-state index is 11.5. The van der Waals surface area contributed by atoms with Gasteiger partial charge in [-0.15, -0.1) is 0 Å². The van der Waals surface area contributed by atoms with Crippen LogP contribution in [0.4, 0.5) is 0 Å². The molecule has 0 heterocycles. The van der Waals surface area contributed by atoms with E-state index in [0.29, 0.717) is 17.2 Å². The predicted octanol–water partition coefficient (Wildman–Crippen LogP) is 4.95. The van der Waals surface area contributed by atoms with Crippen LogP contribution < -0.4 is 53.4 Å². The van der Waals surface area contributed by atoms with Crippen molar-refractivity contribution in [2.45, 2.75) is 14.5 Å². The molecule has 0 aliphatic rings. The second-order valence-electron chi connectivity index (χ2n) is 8.37. The molecule has 0 amide bonds. The summed E-state index contributed by atoms with van der Waals surface area (Å²) in [6.45, 7) is 3.18. The van der Waals surface area contributed by atoms with Gasteiger partial charge in [-0.05, 0) is 47.9 Å². The Hall–Kier alpha value is 0.420. The van der Waals surface area contributed by atoms with Crippen LogP contribution in [0.25, 0.3) is 12.2 Å². The topological polar surface area (TPSA) is 133 Å². The van der Waals surface area contributed by atoms with Gasteiger partial charge in [0, 0.05) is 13.3 Å². The van der Waals surface area contributed by atoms with Crippen LogP contribution >= 0.6 is 84.8 Å². The van der Waals surface area contributed by atoms with Crippen LogP contribution in [0, 0.1) is 6.92 Å². The fourth-order valence-electron chi connectivity index (χ4n) is 2.81. The minimum absolute atomic E-state index is 0. The van der Waals surface area contributed by atoms with Gasteiger partial charge in [0.1, 0.15) is 26.6 Å². The number of alkyl halides is 6. The third-order valence-corrected chi connectivity index (χ3v) is 6.35. The fourth-order valence-corrected chi connectivity index (χ4v) is 4.53. The number of hydrogen-bond donors (Lipinski definition) is 1. The normalized spacial score (nSPS) is 12.9. The molecule has 0 saturated carbocycles. The van der Waals surface area contributed by atoms with Crippen LogP contribution in [0.5, 0.6) is 23.0 Å². The zero-order chi connectivity index (χ0) is 33.6. The smallest absolute Gasteiger partial charge is 0.779 e. The number of ether oxygens (including phenoxy) is 4. The SMILES string of the molecule is COc1ccc(/C=C\c2cc(OC)c(OC)c(OC)c2)cc1C.CP(=O)(OCC(Cl)(Cl)Cl)OCC(Cl)(Cl)Cl.CP(=O)([O-])O.[Na+]. The van der Waals surface area contributed by atoms with Gasteiger partial charge >= 0.3 is 37.2 Å². The molecule has 246 valence electrons. The van der Waals surface area contributed by atoms with Crippen molar-refractivity contribution < 1.29 is 76.5 Å². The van der Waals surface area contributed by atoms with Crippen LogP contribution in [0.3, 0.4) is 0 Å². The molecule has 0 aliphatic heterocycles.